The molecule has 0 radical (unpaired) electrons. The van der Waals surface area contributed by atoms with Crippen LogP contribution < -0.4 is 5.32 Å². The normalized spacial score (nSPS) is 12.4. The van der Waals surface area contributed by atoms with Crippen LogP contribution in [0.1, 0.15) is 12.5 Å². The van der Waals surface area contributed by atoms with Crippen LogP contribution in [0.15, 0.2) is 24.3 Å². The molecular weight excluding hydrogens is 280 g/mol. The summed E-state index contributed by atoms with van der Waals surface area (Å²) in [5.74, 6) is -0.887. The Bertz CT molecular complexity index is 620. The Morgan fingerprint density at radius 2 is 2.10 bits per heavy atom. The van der Waals surface area contributed by atoms with Crippen LogP contribution in [0.3, 0.4) is 0 Å². The Kier molecular flexibility index (Phi) is 5.67. The molecule has 0 saturated heterocycles. The number of rotatable bonds is 6. The van der Waals surface area contributed by atoms with Crippen molar-refractivity contribution in [2.45, 2.75) is 12.2 Å². The van der Waals surface area contributed by atoms with Crippen LogP contribution in [0.4, 0.5) is 5.69 Å². The summed E-state index contributed by atoms with van der Waals surface area (Å²) in [4.78, 5) is 11.9. The van der Waals surface area contributed by atoms with Gasteiger partial charge in [0.2, 0.25) is 5.91 Å². The van der Waals surface area contributed by atoms with Gasteiger partial charge in [-0.05, 0) is 19.1 Å². The van der Waals surface area contributed by atoms with Crippen LogP contribution in [0.2, 0.25) is 0 Å². The van der Waals surface area contributed by atoms with Crippen molar-refractivity contribution in [1.82, 2.24) is 0 Å². The van der Waals surface area contributed by atoms with E-state index < -0.39 is 21.0 Å². The number of anilines is 1. The lowest BCUT2D eigenvalue weighted by molar-refractivity contribution is -0.115. The zero-order valence-electron chi connectivity index (χ0n) is 11.3. The number of ether oxygens (including phenoxy) is 1. The van der Waals surface area contributed by atoms with Crippen molar-refractivity contribution < 1.29 is 17.9 Å². The van der Waals surface area contributed by atoms with E-state index >= 15 is 0 Å². The number of carbonyl (C=O) groups excluding carboxylic acids is 1. The molecule has 0 spiro atoms. The first-order valence-corrected chi connectivity index (χ1v) is 7.64. The Labute approximate surface area is 118 Å². The molecule has 0 aliphatic rings. The number of carbonyl (C=O) groups is 1. The van der Waals surface area contributed by atoms with Gasteiger partial charge in [-0.15, -0.1) is 0 Å². The minimum absolute atomic E-state index is 0.0364. The topological polar surface area (TPSA) is 96.3 Å². The maximum atomic E-state index is 11.9. The molecule has 1 N–H and O–H groups in total. The number of hydrogen-bond donors (Lipinski definition) is 1. The number of nitrogens with zero attached hydrogens (tertiary/aromatic N) is 1. The zero-order chi connectivity index (χ0) is 15.2. The second kappa shape index (κ2) is 7.03. The molecule has 20 heavy (non-hydrogen) atoms. The second-order valence-corrected chi connectivity index (χ2v) is 6.59. The summed E-state index contributed by atoms with van der Waals surface area (Å²) >= 11 is 0. The summed E-state index contributed by atoms with van der Waals surface area (Å²) in [7, 11) is -2.19. The van der Waals surface area contributed by atoms with Crippen LogP contribution in [0.25, 0.3) is 0 Å². The number of amides is 1. The van der Waals surface area contributed by atoms with Crippen molar-refractivity contribution >= 4 is 21.4 Å². The van der Waals surface area contributed by atoms with Crippen LogP contribution >= 0.6 is 0 Å². The number of methoxy groups -OCH3 is 1. The molecule has 0 bridgehead atoms. The Morgan fingerprint density at radius 3 is 2.70 bits per heavy atom. The average Bonchev–Trinajstić information content (AvgIpc) is 2.44. The van der Waals surface area contributed by atoms with Crippen LogP contribution in [-0.2, 0) is 19.4 Å². The van der Waals surface area contributed by atoms with Gasteiger partial charge in [-0.1, -0.05) is 12.1 Å². The van der Waals surface area contributed by atoms with Gasteiger partial charge in [-0.3, -0.25) is 4.79 Å². The summed E-state index contributed by atoms with van der Waals surface area (Å²) < 4.78 is 28.4. The quantitative estimate of drug-likeness (QED) is 0.843. The zero-order valence-corrected chi connectivity index (χ0v) is 12.1. The maximum absolute atomic E-state index is 11.9. The first-order chi connectivity index (χ1) is 9.42. The van der Waals surface area contributed by atoms with Crippen LogP contribution in [0.5, 0.6) is 0 Å². The Balaban J connectivity index is 2.84. The third-order valence-electron chi connectivity index (χ3n) is 2.79. The number of nitrogens with one attached hydrogen (secondary N) is 1. The minimum atomic E-state index is -3.58. The van der Waals surface area contributed by atoms with Crippen molar-refractivity contribution in [3.05, 3.63) is 29.8 Å². The fourth-order valence-electron chi connectivity index (χ4n) is 1.46. The van der Waals surface area contributed by atoms with E-state index in [-0.39, 0.29) is 17.9 Å². The molecule has 1 unspecified atom stereocenters. The highest BCUT2D eigenvalue weighted by atomic mass is 32.2. The minimum Gasteiger partial charge on any atom is -0.384 e. The van der Waals surface area contributed by atoms with E-state index in [4.69, 9.17) is 10.00 Å². The molecule has 1 atom stereocenters. The molecule has 0 fully saturated rings. The lowest BCUT2D eigenvalue weighted by Crippen LogP contribution is -2.35. The third-order valence-corrected chi connectivity index (χ3v) is 4.81. The molecule has 0 aliphatic heterocycles. The van der Waals surface area contributed by atoms with E-state index in [0.29, 0.717) is 5.69 Å². The largest absolute Gasteiger partial charge is 0.384 e. The number of benzene rings is 1. The molecule has 6 nitrogen and oxygen atoms in total. The van der Waals surface area contributed by atoms with Crippen molar-refractivity contribution in [1.29, 1.82) is 5.26 Å². The van der Waals surface area contributed by atoms with Crippen molar-refractivity contribution in [3.63, 3.8) is 0 Å². The predicted molar refractivity (Wildman–Crippen MR) is 74.9 cm³/mol. The highest BCUT2D eigenvalue weighted by Crippen LogP contribution is 2.15. The molecule has 1 aromatic rings. The fourth-order valence-corrected chi connectivity index (χ4v) is 2.60. The first kappa shape index (κ1) is 16.1. The molecule has 1 amide bonds. The lowest BCUT2D eigenvalue weighted by Gasteiger charge is -2.13. The second-order valence-electron chi connectivity index (χ2n) is 4.15. The highest BCUT2D eigenvalue weighted by molar-refractivity contribution is 7.92. The van der Waals surface area contributed by atoms with Gasteiger partial charge in [0.05, 0.1) is 23.6 Å². The average molecular weight is 296 g/mol. The fraction of sp³-hybridized carbons (Fsp3) is 0.385. The summed E-state index contributed by atoms with van der Waals surface area (Å²) in [5, 5.41) is 10.2. The molecule has 1 aromatic carbocycles. The SMILES string of the molecule is COCCS(=O)(=O)C(C)C(=O)Nc1ccccc1C#N. The van der Waals surface area contributed by atoms with Gasteiger partial charge in [0.25, 0.3) is 0 Å². The van der Waals surface area contributed by atoms with E-state index in [1.165, 1.54) is 14.0 Å². The van der Waals surface area contributed by atoms with E-state index in [9.17, 15) is 13.2 Å². The number of nitriles is 1. The van der Waals surface area contributed by atoms with Crippen molar-refractivity contribution in [3.8, 4) is 6.07 Å². The van der Waals surface area contributed by atoms with E-state index in [1.807, 2.05) is 6.07 Å². The maximum Gasteiger partial charge on any atom is 0.242 e. The molecule has 0 saturated carbocycles. The molecular formula is C13H16N2O4S. The summed E-state index contributed by atoms with van der Waals surface area (Å²) in [6.07, 6.45) is 0. The number of sulfone groups is 1. The Hall–Kier alpha value is -1.91. The summed E-state index contributed by atoms with van der Waals surface area (Å²) in [6, 6.07) is 8.33. The Morgan fingerprint density at radius 1 is 1.45 bits per heavy atom. The van der Waals surface area contributed by atoms with Gasteiger partial charge >= 0.3 is 0 Å². The number of hydrogen-bond acceptors (Lipinski definition) is 5. The molecule has 108 valence electrons. The monoisotopic (exact) mass is 296 g/mol. The van der Waals surface area contributed by atoms with Gasteiger partial charge in [-0.25, -0.2) is 8.42 Å². The third kappa shape index (κ3) is 4.05. The van der Waals surface area contributed by atoms with Crippen LogP contribution in [0, 0.1) is 11.3 Å². The molecule has 7 heteroatoms. The number of para-hydroxylation sites is 1. The van der Waals surface area contributed by atoms with Gasteiger partial charge < -0.3 is 10.1 Å². The lowest BCUT2D eigenvalue weighted by atomic mass is 10.2. The van der Waals surface area contributed by atoms with Gasteiger partial charge in [0.1, 0.15) is 11.3 Å². The van der Waals surface area contributed by atoms with Crippen molar-refractivity contribution in [2.24, 2.45) is 0 Å². The van der Waals surface area contributed by atoms with Crippen molar-refractivity contribution in [2.75, 3.05) is 24.8 Å². The van der Waals surface area contributed by atoms with Gasteiger partial charge in [0.15, 0.2) is 9.84 Å². The molecule has 0 heterocycles. The first-order valence-electron chi connectivity index (χ1n) is 5.93. The standard InChI is InChI=1S/C13H16N2O4S/c1-10(20(17,18)8-7-19-2)13(16)15-12-6-4-3-5-11(12)9-14/h3-6,10H,7-8H2,1-2H3,(H,15,16). The van der Waals surface area contributed by atoms with Gasteiger partial charge in [-0.2, -0.15) is 5.26 Å². The van der Waals surface area contributed by atoms with E-state index in [2.05, 4.69) is 5.32 Å². The molecule has 1 rings (SSSR count). The van der Waals surface area contributed by atoms with Gasteiger partial charge in [0, 0.05) is 7.11 Å². The summed E-state index contributed by atoms with van der Waals surface area (Å²) in [6.45, 7) is 1.35. The molecule has 0 aromatic heterocycles. The highest BCUT2D eigenvalue weighted by Gasteiger charge is 2.28. The van der Waals surface area contributed by atoms with Crippen LogP contribution in [-0.4, -0.2) is 39.0 Å². The van der Waals surface area contributed by atoms with E-state index in [1.54, 1.807) is 24.3 Å². The summed E-state index contributed by atoms with van der Waals surface area (Å²) in [5.41, 5.74) is 0.580. The predicted octanol–water partition coefficient (Wildman–Crippen LogP) is 0.946. The molecule has 0 aliphatic carbocycles. The smallest absolute Gasteiger partial charge is 0.242 e. The van der Waals surface area contributed by atoms with E-state index in [0.717, 1.165) is 0 Å².